The van der Waals surface area contributed by atoms with Gasteiger partial charge in [0.25, 0.3) is 0 Å². The second kappa shape index (κ2) is 5.09. The SMILES string of the molecule is CC(CN)S(=O)(=O)Cc1ccc(Br)cc1. The number of rotatable bonds is 4. The second-order valence-electron chi connectivity index (χ2n) is 3.48. The Hall–Kier alpha value is -0.390. The first kappa shape index (κ1) is 12.7. The Morgan fingerprint density at radius 1 is 1.33 bits per heavy atom. The van der Waals surface area contributed by atoms with Gasteiger partial charge >= 0.3 is 0 Å². The Morgan fingerprint density at radius 2 is 1.87 bits per heavy atom. The van der Waals surface area contributed by atoms with Crippen LogP contribution in [0.1, 0.15) is 12.5 Å². The highest BCUT2D eigenvalue weighted by Gasteiger charge is 2.19. The third kappa shape index (κ3) is 3.59. The molecule has 1 atom stereocenters. The van der Waals surface area contributed by atoms with E-state index in [1.165, 1.54) is 0 Å². The van der Waals surface area contributed by atoms with Crippen LogP contribution in [0.3, 0.4) is 0 Å². The van der Waals surface area contributed by atoms with Crippen molar-refractivity contribution in [1.29, 1.82) is 0 Å². The van der Waals surface area contributed by atoms with E-state index in [2.05, 4.69) is 15.9 Å². The number of halogens is 1. The molecule has 0 spiro atoms. The van der Waals surface area contributed by atoms with Crippen LogP contribution in [0.2, 0.25) is 0 Å². The minimum Gasteiger partial charge on any atom is -0.329 e. The standard InChI is InChI=1S/C10H14BrNO2S/c1-8(6-12)15(13,14)7-9-2-4-10(11)5-3-9/h2-5,8H,6-7,12H2,1H3. The molecule has 84 valence electrons. The van der Waals surface area contributed by atoms with E-state index in [1.54, 1.807) is 19.1 Å². The van der Waals surface area contributed by atoms with Gasteiger partial charge in [-0.1, -0.05) is 28.1 Å². The molecule has 15 heavy (non-hydrogen) atoms. The van der Waals surface area contributed by atoms with Gasteiger partial charge in [0, 0.05) is 11.0 Å². The van der Waals surface area contributed by atoms with Crippen LogP contribution in [-0.4, -0.2) is 20.2 Å². The third-order valence-electron chi connectivity index (χ3n) is 2.23. The fourth-order valence-corrected chi connectivity index (χ4v) is 2.60. The largest absolute Gasteiger partial charge is 0.329 e. The smallest absolute Gasteiger partial charge is 0.158 e. The fourth-order valence-electron chi connectivity index (χ4n) is 1.10. The van der Waals surface area contributed by atoms with Gasteiger partial charge in [-0.3, -0.25) is 0 Å². The molecule has 1 aromatic rings. The number of sulfone groups is 1. The highest BCUT2D eigenvalue weighted by atomic mass is 79.9. The summed E-state index contributed by atoms with van der Waals surface area (Å²) < 4.78 is 24.4. The summed E-state index contributed by atoms with van der Waals surface area (Å²) in [5.74, 6) is 0.0542. The summed E-state index contributed by atoms with van der Waals surface area (Å²) in [5.41, 5.74) is 6.14. The molecule has 1 rings (SSSR count). The average molecular weight is 292 g/mol. The quantitative estimate of drug-likeness (QED) is 0.919. The van der Waals surface area contributed by atoms with Gasteiger partial charge in [0.1, 0.15) is 0 Å². The van der Waals surface area contributed by atoms with Crippen molar-refractivity contribution in [3.05, 3.63) is 34.3 Å². The first-order valence-electron chi connectivity index (χ1n) is 4.62. The molecule has 0 amide bonds. The Labute approximate surface area is 98.7 Å². The highest BCUT2D eigenvalue weighted by Crippen LogP contribution is 2.14. The molecule has 0 aliphatic rings. The summed E-state index contributed by atoms with van der Waals surface area (Å²) >= 11 is 3.30. The Kier molecular flexibility index (Phi) is 4.31. The van der Waals surface area contributed by atoms with Gasteiger partial charge in [0.2, 0.25) is 0 Å². The number of hydrogen-bond donors (Lipinski definition) is 1. The molecule has 0 saturated heterocycles. The van der Waals surface area contributed by atoms with Gasteiger partial charge in [0.15, 0.2) is 9.84 Å². The van der Waals surface area contributed by atoms with Crippen LogP contribution < -0.4 is 5.73 Å². The molecular formula is C10H14BrNO2S. The van der Waals surface area contributed by atoms with Crippen LogP contribution in [0, 0.1) is 0 Å². The maximum absolute atomic E-state index is 11.7. The van der Waals surface area contributed by atoms with Gasteiger partial charge in [0.05, 0.1) is 11.0 Å². The van der Waals surface area contributed by atoms with Gasteiger partial charge in [-0.25, -0.2) is 8.42 Å². The van der Waals surface area contributed by atoms with Crippen LogP contribution >= 0.6 is 15.9 Å². The van der Waals surface area contributed by atoms with Crippen LogP contribution in [-0.2, 0) is 15.6 Å². The van der Waals surface area contributed by atoms with Crippen molar-refractivity contribution in [2.45, 2.75) is 17.9 Å². The molecule has 0 aliphatic heterocycles. The Bertz CT molecular complexity index is 414. The zero-order valence-electron chi connectivity index (χ0n) is 8.48. The van der Waals surface area contributed by atoms with Crippen molar-refractivity contribution in [3.63, 3.8) is 0 Å². The molecule has 1 unspecified atom stereocenters. The molecule has 0 radical (unpaired) electrons. The first-order valence-corrected chi connectivity index (χ1v) is 7.12. The lowest BCUT2D eigenvalue weighted by atomic mass is 10.2. The minimum atomic E-state index is -3.12. The lowest BCUT2D eigenvalue weighted by Crippen LogP contribution is -2.27. The van der Waals surface area contributed by atoms with Gasteiger partial charge in [-0.15, -0.1) is 0 Å². The molecular weight excluding hydrogens is 278 g/mol. The van der Waals surface area contributed by atoms with Crippen LogP contribution in [0.5, 0.6) is 0 Å². The van der Waals surface area contributed by atoms with E-state index >= 15 is 0 Å². The van der Waals surface area contributed by atoms with Crippen molar-refractivity contribution in [1.82, 2.24) is 0 Å². The summed E-state index contributed by atoms with van der Waals surface area (Å²) in [5, 5.41) is -0.485. The summed E-state index contributed by atoms with van der Waals surface area (Å²) in [6.45, 7) is 1.80. The molecule has 1 aromatic carbocycles. The molecule has 0 aliphatic carbocycles. The molecule has 2 N–H and O–H groups in total. The summed E-state index contributed by atoms with van der Waals surface area (Å²) in [6.07, 6.45) is 0. The number of benzene rings is 1. The van der Waals surface area contributed by atoms with E-state index < -0.39 is 15.1 Å². The predicted octanol–water partition coefficient (Wildman–Crippen LogP) is 1.71. The lowest BCUT2D eigenvalue weighted by molar-refractivity contribution is 0.583. The van der Waals surface area contributed by atoms with E-state index in [0.29, 0.717) is 0 Å². The highest BCUT2D eigenvalue weighted by molar-refractivity contribution is 9.10. The van der Waals surface area contributed by atoms with Gasteiger partial charge in [-0.2, -0.15) is 0 Å². The van der Waals surface area contributed by atoms with E-state index in [1.807, 2.05) is 12.1 Å². The molecule has 0 bridgehead atoms. The summed E-state index contributed by atoms with van der Waals surface area (Å²) in [4.78, 5) is 0. The zero-order chi connectivity index (χ0) is 11.5. The molecule has 0 saturated carbocycles. The third-order valence-corrected chi connectivity index (χ3v) is 4.91. The van der Waals surface area contributed by atoms with Crippen molar-refractivity contribution in [2.24, 2.45) is 5.73 Å². The van der Waals surface area contributed by atoms with Crippen molar-refractivity contribution in [2.75, 3.05) is 6.54 Å². The van der Waals surface area contributed by atoms with Crippen LogP contribution in [0.4, 0.5) is 0 Å². The molecule has 0 fully saturated rings. The van der Waals surface area contributed by atoms with E-state index in [9.17, 15) is 8.42 Å². The van der Waals surface area contributed by atoms with Gasteiger partial charge in [-0.05, 0) is 24.6 Å². The normalized spacial score (nSPS) is 13.8. The summed E-state index contributed by atoms with van der Waals surface area (Å²) in [7, 11) is -3.12. The van der Waals surface area contributed by atoms with E-state index in [-0.39, 0.29) is 12.3 Å². The fraction of sp³-hybridized carbons (Fsp3) is 0.400. The Balaban J connectivity index is 2.82. The zero-order valence-corrected chi connectivity index (χ0v) is 10.9. The van der Waals surface area contributed by atoms with Crippen molar-refractivity contribution >= 4 is 25.8 Å². The van der Waals surface area contributed by atoms with E-state index in [0.717, 1.165) is 10.0 Å². The molecule has 5 heteroatoms. The average Bonchev–Trinajstić information content (AvgIpc) is 2.20. The monoisotopic (exact) mass is 291 g/mol. The van der Waals surface area contributed by atoms with Crippen molar-refractivity contribution < 1.29 is 8.42 Å². The van der Waals surface area contributed by atoms with Crippen LogP contribution in [0.25, 0.3) is 0 Å². The maximum Gasteiger partial charge on any atom is 0.158 e. The molecule has 0 heterocycles. The van der Waals surface area contributed by atoms with Crippen LogP contribution in [0.15, 0.2) is 28.7 Å². The lowest BCUT2D eigenvalue weighted by Gasteiger charge is -2.10. The first-order chi connectivity index (χ1) is 6.95. The molecule has 3 nitrogen and oxygen atoms in total. The maximum atomic E-state index is 11.7. The Morgan fingerprint density at radius 3 is 2.33 bits per heavy atom. The topological polar surface area (TPSA) is 60.2 Å². The van der Waals surface area contributed by atoms with Gasteiger partial charge < -0.3 is 5.73 Å². The number of hydrogen-bond acceptors (Lipinski definition) is 3. The second-order valence-corrected chi connectivity index (χ2v) is 6.81. The summed E-state index contributed by atoms with van der Waals surface area (Å²) in [6, 6.07) is 7.26. The number of nitrogens with two attached hydrogens (primary N) is 1. The predicted molar refractivity (Wildman–Crippen MR) is 65.3 cm³/mol. The molecule has 0 aromatic heterocycles. The minimum absolute atomic E-state index is 0.0542. The van der Waals surface area contributed by atoms with E-state index in [4.69, 9.17) is 5.73 Å². The van der Waals surface area contributed by atoms with Crippen molar-refractivity contribution in [3.8, 4) is 0 Å².